The molecule has 0 spiro atoms. The first-order chi connectivity index (χ1) is 19.8. The highest BCUT2D eigenvalue weighted by Crippen LogP contribution is 2.32. The number of hydrogen-bond donors (Lipinski definition) is 3. The number of thiophene rings is 1. The smallest absolute Gasteiger partial charge is 0.262 e. The average molecular weight is 575 g/mol. The molecule has 0 bridgehead atoms. The highest BCUT2D eigenvalue weighted by atomic mass is 32.1. The van der Waals surface area contributed by atoms with Crippen molar-refractivity contribution in [2.45, 2.75) is 76.4 Å². The Balaban J connectivity index is 1.27. The van der Waals surface area contributed by atoms with E-state index in [1.165, 1.54) is 11.3 Å². The van der Waals surface area contributed by atoms with Gasteiger partial charge in [-0.1, -0.05) is 61.4 Å². The average Bonchev–Trinajstić information content (AvgIpc) is 3.64. The summed E-state index contributed by atoms with van der Waals surface area (Å²) in [6, 6.07) is 19.4. The lowest BCUT2D eigenvalue weighted by Crippen LogP contribution is -2.61. The molecule has 1 saturated heterocycles. The summed E-state index contributed by atoms with van der Waals surface area (Å²) in [6.07, 6.45) is 5.33. The minimum absolute atomic E-state index is 0.169. The Hall–Kier alpha value is -3.23. The van der Waals surface area contributed by atoms with Crippen molar-refractivity contribution < 1.29 is 14.4 Å². The monoisotopic (exact) mass is 574 g/mol. The molecular formula is C33H42N4O3S. The molecular weight excluding hydrogens is 532 g/mol. The molecule has 2 fully saturated rings. The van der Waals surface area contributed by atoms with Crippen LogP contribution in [0.3, 0.4) is 0 Å². The van der Waals surface area contributed by atoms with Crippen molar-refractivity contribution in [2.24, 2.45) is 5.92 Å². The molecule has 2 aromatic carbocycles. The first kappa shape index (κ1) is 29.3. The van der Waals surface area contributed by atoms with Crippen molar-refractivity contribution in [3.63, 3.8) is 0 Å². The van der Waals surface area contributed by atoms with Crippen molar-refractivity contribution in [3.05, 3.63) is 71.1 Å². The molecule has 218 valence electrons. The second-order valence-corrected chi connectivity index (χ2v) is 13.0. The quantitative estimate of drug-likeness (QED) is 0.321. The highest BCUT2D eigenvalue weighted by Gasteiger charge is 2.44. The van der Waals surface area contributed by atoms with E-state index < -0.39 is 11.6 Å². The highest BCUT2D eigenvalue weighted by molar-refractivity contribution is 7.20. The molecule has 5 rings (SSSR count). The zero-order chi connectivity index (χ0) is 28.8. The van der Waals surface area contributed by atoms with Gasteiger partial charge in [0.1, 0.15) is 11.6 Å². The second-order valence-electron chi connectivity index (χ2n) is 11.9. The van der Waals surface area contributed by atoms with Gasteiger partial charge >= 0.3 is 0 Å². The number of carbonyl (C=O) groups is 3. The van der Waals surface area contributed by atoms with Gasteiger partial charge in [0.15, 0.2) is 0 Å². The summed E-state index contributed by atoms with van der Waals surface area (Å²) in [5.74, 6) is -0.243. The van der Waals surface area contributed by atoms with Crippen LogP contribution in [0.2, 0.25) is 0 Å². The molecule has 7 nitrogen and oxygen atoms in total. The van der Waals surface area contributed by atoms with Gasteiger partial charge in [-0.3, -0.25) is 14.4 Å². The fourth-order valence-corrected chi connectivity index (χ4v) is 7.12. The van der Waals surface area contributed by atoms with Gasteiger partial charge in [0.2, 0.25) is 11.8 Å². The van der Waals surface area contributed by atoms with E-state index in [1.54, 1.807) is 0 Å². The van der Waals surface area contributed by atoms with E-state index in [1.807, 2.05) is 60.7 Å². The van der Waals surface area contributed by atoms with Crippen LogP contribution in [0.25, 0.3) is 10.1 Å². The van der Waals surface area contributed by atoms with Crippen molar-refractivity contribution in [1.29, 1.82) is 0 Å². The van der Waals surface area contributed by atoms with E-state index >= 15 is 0 Å². The third kappa shape index (κ3) is 7.16. The van der Waals surface area contributed by atoms with Crippen molar-refractivity contribution in [2.75, 3.05) is 19.6 Å². The maximum atomic E-state index is 13.9. The van der Waals surface area contributed by atoms with Crippen LogP contribution in [0.5, 0.6) is 0 Å². The van der Waals surface area contributed by atoms with Gasteiger partial charge in [-0.15, -0.1) is 11.3 Å². The van der Waals surface area contributed by atoms with E-state index in [9.17, 15) is 14.4 Å². The molecule has 3 aromatic rings. The number of benzene rings is 2. The van der Waals surface area contributed by atoms with Crippen LogP contribution in [0.4, 0.5) is 0 Å². The number of amides is 3. The molecule has 0 unspecified atom stereocenters. The second kappa shape index (κ2) is 13.2. The minimum atomic E-state index is -1.02. The molecule has 3 N–H and O–H groups in total. The van der Waals surface area contributed by atoms with Crippen LogP contribution >= 0.6 is 11.3 Å². The molecule has 3 amide bonds. The zero-order valence-electron chi connectivity index (χ0n) is 24.2. The number of hydrogen-bond acceptors (Lipinski definition) is 5. The van der Waals surface area contributed by atoms with E-state index in [0.717, 1.165) is 54.4 Å². The van der Waals surface area contributed by atoms with Gasteiger partial charge in [0.25, 0.3) is 5.91 Å². The van der Waals surface area contributed by atoms with E-state index in [2.05, 4.69) is 34.7 Å². The minimum Gasteiger partial charge on any atom is -0.354 e. The lowest BCUT2D eigenvalue weighted by molar-refractivity contribution is -0.132. The van der Waals surface area contributed by atoms with Gasteiger partial charge in [0, 0.05) is 23.7 Å². The van der Waals surface area contributed by atoms with Crippen LogP contribution in [0, 0.1) is 5.92 Å². The Bertz CT molecular complexity index is 1310. The number of nitrogens with zero attached hydrogens (tertiary/aromatic N) is 1. The number of piperidine rings is 1. The van der Waals surface area contributed by atoms with E-state index in [0.29, 0.717) is 42.6 Å². The van der Waals surface area contributed by atoms with Crippen molar-refractivity contribution in [3.8, 4) is 0 Å². The lowest BCUT2D eigenvalue weighted by Gasteiger charge is -2.35. The Morgan fingerprint density at radius 1 is 0.976 bits per heavy atom. The molecule has 2 heterocycles. The topological polar surface area (TPSA) is 90.5 Å². The van der Waals surface area contributed by atoms with Gasteiger partial charge in [-0.2, -0.15) is 0 Å². The van der Waals surface area contributed by atoms with E-state index in [4.69, 9.17) is 0 Å². The summed E-state index contributed by atoms with van der Waals surface area (Å²) in [5.41, 5.74) is -0.0421. The molecule has 1 atom stereocenters. The molecule has 1 aliphatic heterocycles. The normalized spacial score (nSPS) is 18.3. The fraction of sp³-hybridized carbons (Fsp3) is 0.485. The van der Waals surface area contributed by atoms with Gasteiger partial charge in [0.05, 0.1) is 4.88 Å². The zero-order valence-corrected chi connectivity index (χ0v) is 25.0. The third-order valence-electron chi connectivity index (χ3n) is 8.74. The SMILES string of the molecule is CC(C)N1CCC(CNC(=O)[C@@H](Cc2ccccc2)NC(=O)C2(NC(=O)c3cc4ccccc4s3)CCCC2)CC1. The molecule has 1 saturated carbocycles. The molecule has 1 aliphatic carbocycles. The van der Waals surface area contributed by atoms with Crippen LogP contribution in [-0.4, -0.2) is 59.9 Å². The van der Waals surface area contributed by atoms with Crippen molar-refractivity contribution in [1.82, 2.24) is 20.9 Å². The number of nitrogens with one attached hydrogen (secondary N) is 3. The van der Waals surface area contributed by atoms with Crippen LogP contribution < -0.4 is 16.0 Å². The summed E-state index contributed by atoms with van der Waals surface area (Å²) in [4.78, 5) is 43.9. The first-order valence-corrected chi connectivity index (χ1v) is 15.8. The van der Waals surface area contributed by atoms with Crippen LogP contribution in [0.1, 0.15) is 67.6 Å². The summed E-state index contributed by atoms with van der Waals surface area (Å²) >= 11 is 1.43. The Morgan fingerprint density at radius 3 is 2.34 bits per heavy atom. The third-order valence-corrected chi connectivity index (χ3v) is 9.86. The number of rotatable bonds is 10. The van der Waals surface area contributed by atoms with Crippen LogP contribution in [-0.2, 0) is 16.0 Å². The van der Waals surface area contributed by atoms with Crippen molar-refractivity contribution >= 4 is 39.1 Å². The van der Waals surface area contributed by atoms with Gasteiger partial charge in [-0.05, 0) is 81.6 Å². The van der Waals surface area contributed by atoms with Gasteiger partial charge < -0.3 is 20.9 Å². The lowest BCUT2D eigenvalue weighted by atomic mass is 9.94. The molecule has 8 heteroatoms. The number of fused-ring (bicyclic) bond motifs is 1. The summed E-state index contributed by atoms with van der Waals surface area (Å²) < 4.78 is 1.04. The standard InChI is InChI=1S/C33H42N4O3S/c1-23(2)37-18-14-25(15-19-37)22-34-30(38)27(20-24-10-4-3-5-11-24)35-32(40)33(16-8-9-17-33)36-31(39)29-21-26-12-6-7-13-28(26)41-29/h3-7,10-13,21,23,25,27H,8-9,14-20,22H2,1-2H3,(H,34,38)(H,35,40)(H,36,39)/t27-/m1/s1. The summed E-state index contributed by atoms with van der Waals surface area (Å²) in [5, 5.41) is 10.3. The molecule has 0 radical (unpaired) electrons. The maximum absolute atomic E-state index is 13.9. The Morgan fingerprint density at radius 2 is 1.66 bits per heavy atom. The van der Waals surface area contributed by atoms with E-state index in [-0.39, 0.29) is 17.7 Å². The number of likely N-dealkylation sites (tertiary alicyclic amines) is 1. The molecule has 1 aromatic heterocycles. The fourth-order valence-electron chi connectivity index (χ4n) is 6.16. The predicted molar refractivity (Wildman–Crippen MR) is 165 cm³/mol. The molecule has 41 heavy (non-hydrogen) atoms. The Kier molecular flexibility index (Phi) is 9.40. The Labute approximate surface area is 247 Å². The number of carbonyl (C=O) groups excluding carboxylic acids is 3. The first-order valence-electron chi connectivity index (χ1n) is 15.0. The largest absolute Gasteiger partial charge is 0.354 e. The summed E-state index contributed by atoms with van der Waals surface area (Å²) in [7, 11) is 0. The maximum Gasteiger partial charge on any atom is 0.262 e. The molecule has 2 aliphatic rings. The predicted octanol–water partition coefficient (Wildman–Crippen LogP) is 4.91. The summed E-state index contributed by atoms with van der Waals surface area (Å²) in [6.45, 7) is 7.15. The van der Waals surface area contributed by atoms with Gasteiger partial charge in [-0.25, -0.2) is 0 Å². The van der Waals surface area contributed by atoms with Crippen LogP contribution in [0.15, 0.2) is 60.7 Å².